The van der Waals surface area contributed by atoms with Crippen LogP contribution in [0.25, 0.3) is 0 Å². The standard InChI is InChI=1S/C13H10F18O12S6/c14-8(15,16)44(32,33)5(45(34,35)9(17,18)19)1-4(2-6(46(36,37)10(20,21)22)47(38,39)11(23,24)25)3-7(48(40,41)12(26,27)28)49(42,43)13(29,30)31/h4-7H,1-3H2. The lowest BCUT2D eigenvalue weighted by molar-refractivity contribution is -0.0481. The Kier molecular flexibility index (Phi) is 12.7. The summed E-state index contributed by atoms with van der Waals surface area (Å²) in [5.41, 5.74) is -44.5. The summed E-state index contributed by atoms with van der Waals surface area (Å²) in [4.78, 5) is 0. The van der Waals surface area contributed by atoms with Gasteiger partial charge in [0.25, 0.3) is 59.0 Å². The van der Waals surface area contributed by atoms with Crippen LogP contribution in [0.3, 0.4) is 0 Å². The lowest BCUT2D eigenvalue weighted by atomic mass is 10.00. The fourth-order valence-electron chi connectivity index (χ4n) is 3.26. The molecule has 0 bridgehead atoms. The highest BCUT2D eigenvalue weighted by atomic mass is 32.3. The van der Waals surface area contributed by atoms with E-state index in [1.165, 1.54) is 0 Å². The van der Waals surface area contributed by atoms with Gasteiger partial charge in [0.2, 0.25) is 0 Å². The Morgan fingerprint density at radius 1 is 0.265 bits per heavy atom. The van der Waals surface area contributed by atoms with Crippen molar-refractivity contribution in [3.63, 3.8) is 0 Å². The van der Waals surface area contributed by atoms with Crippen LogP contribution in [0.5, 0.6) is 0 Å². The van der Waals surface area contributed by atoms with Gasteiger partial charge in [0.1, 0.15) is 0 Å². The van der Waals surface area contributed by atoms with Gasteiger partial charge in [-0.2, -0.15) is 79.0 Å². The summed E-state index contributed by atoms with van der Waals surface area (Å²) in [6, 6.07) is 0. The molecule has 0 heterocycles. The summed E-state index contributed by atoms with van der Waals surface area (Å²) in [7, 11) is -49.8. The van der Waals surface area contributed by atoms with Crippen molar-refractivity contribution in [1.29, 1.82) is 0 Å². The summed E-state index contributed by atoms with van der Waals surface area (Å²) in [6.07, 6.45) is -11.6. The van der Waals surface area contributed by atoms with Gasteiger partial charge in [-0.1, -0.05) is 0 Å². The number of hydrogen-bond donors (Lipinski definition) is 0. The van der Waals surface area contributed by atoms with E-state index in [1.807, 2.05) is 0 Å². The first kappa shape index (κ1) is 47.4. The highest BCUT2D eigenvalue weighted by Crippen LogP contribution is 2.46. The van der Waals surface area contributed by atoms with Crippen molar-refractivity contribution in [3.8, 4) is 0 Å². The van der Waals surface area contributed by atoms with Crippen molar-refractivity contribution in [2.24, 2.45) is 5.92 Å². The molecule has 0 rings (SSSR count). The molecule has 0 saturated carbocycles. The molecule has 36 heteroatoms. The summed E-state index contributed by atoms with van der Waals surface area (Å²) < 4.78 is 361. The number of rotatable bonds is 12. The van der Waals surface area contributed by atoms with Crippen molar-refractivity contribution < 1.29 is 130 Å². The molecule has 0 aliphatic heterocycles. The molecule has 0 aromatic heterocycles. The van der Waals surface area contributed by atoms with Crippen molar-refractivity contribution in [1.82, 2.24) is 0 Å². The quantitative estimate of drug-likeness (QED) is 0.259. The van der Waals surface area contributed by atoms with Crippen LogP contribution >= 0.6 is 0 Å². The van der Waals surface area contributed by atoms with Crippen LogP contribution in [-0.4, -0.2) is 97.3 Å². The predicted molar refractivity (Wildman–Crippen MR) is 119 cm³/mol. The van der Waals surface area contributed by atoms with E-state index >= 15 is 0 Å². The van der Waals surface area contributed by atoms with E-state index in [1.54, 1.807) is 0 Å². The zero-order chi connectivity index (χ0) is 40.4. The number of sulfone groups is 6. The smallest absolute Gasteiger partial charge is 0.218 e. The van der Waals surface area contributed by atoms with E-state index in [9.17, 15) is 130 Å². The molecule has 12 nitrogen and oxygen atoms in total. The Hall–Kier alpha value is -1.56. The van der Waals surface area contributed by atoms with Crippen molar-refractivity contribution >= 4 is 59.0 Å². The third-order valence-electron chi connectivity index (χ3n) is 5.59. The molecular formula is C13H10F18O12S6. The molecule has 0 aliphatic carbocycles. The van der Waals surface area contributed by atoms with E-state index < -0.39 is 131 Å². The molecule has 0 aromatic carbocycles. The van der Waals surface area contributed by atoms with Crippen LogP contribution in [0.2, 0.25) is 0 Å². The van der Waals surface area contributed by atoms with E-state index in [-0.39, 0.29) is 0 Å². The summed E-state index contributed by atoms with van der Waals surface area (Å²) >= 11 is 0. The molecule has 0 aromatic rings. The molecule has 0 unspecified atom stereocenters. The van der Waals surface area contributed by atoms with E-state index in [2.05, 4.69) is 0 Å². The maximum atomic E-state index is 13.2. The van der Waals surface area contributed by atoms with Crippen LogP contribution in [0, 0.1) is 5.92 Å². The second-order valence-electron chi connectivity index (χ2n) is 8.81. The minimum Gasteiger partial charge on any atom is -0.218 e. The van der Waals surface area contributed by atoms with Gasteiger partial charge in [0.15, 0.2) is 13.7 Å². The highest BCUT2D eigenvalue weighted by molar-refractivity contribution is 8.11. The lowest BCUT2D eigenvalue weighted by Gasteiger charge is -2.30. The molecule has 296 valence electrons. The van der Waals surface area contributed by atoms with Crippen molar-refractivity contribution in [2.45, 2.75) is 66.1 Å². The van der Waals surface area contributed by atoms with Crippen LogP contribution in [-0.2, 0) is 59.0 Å². The molecular weight excluding hydrogens is 882 g/mol. The second kappa shape index (κ2) is 13.1. The first-order valence-electron chi connectivity index (χ1n) is 10.5. The number of halogens is 18. The fraction of sp³-hybridized carbons (Fsp3) is 1.00. The average Bonchev–Trinajstić information content (AvgIpc) is 2.78. The van der Waals surface area contributed by atoms with E-state index in [0.717, 1.165) is 0 Å². The predicted octanol–water partition coefficient (Wildman–Crippen LogP) is 3.36. The molecule has 0 fully saturated rings. The van der Waals surface area contributed by atoms with Crippen molar-refractivity contribution in [2.75, 3.05) is 0 Å². The second-order valence-corrected chi connectivity index (χ2v) is 22.4. The maximum Gasteiger partial charge on any atom is 0.498 e. The van der Waals surface area contributed by atoms with Gasteiger partial charge < -0.3 is 0 Å². The Morgan fingerprint density at radius 2 is 0.367 bits per heavy atom. The van der Waals surface area contributed by atoms with Crippen LogP contribution < -0.4 is 0 Å². The highest BCUT2D eigenvalue weighted by Gasteiger charge is 2.68. The minimum atomic E-state index is -8.30. The molecule has 0 amide bonds. The Labute approximate surface area is 260 Å². The number of alkyl halides is 18. The van der Waals surface area contributed by atoms with Gasteiger partial charge in [0.05, 0.1) is 0 Å². The zero-order valence-corrected chi connectivity index (χ0v) is 26.5. The van der Waals surface area contributed by atoms with Crippen LogP contribution in [0.4, 0.5) is 79.0 Å². The number of hydrogen-bond acceptors (Lipinski definition) is 12. The normalized spacial score (nSPS) is 16.3. The maximum absolute atomic E-state index is 13.2. The lowest BCUT2D eigenvalue weighted by Crippen LogP contribution is -2.50. The van der Waals surface area contributed by atoms with Crippen LogP contribution in [0.15, 0.2) is 0 Å². The average molecular weight is 893 g/mol. The molecule has 0 spiro atoms. The molecule has 0 atom stereocenters. The van der Waals surface area contributed by atoms with Crippen LogP contribution in [0.1, 0.15) is 19.3 Å². The molecule has 0 radical (unpaired) electrons. The summed E-state index contributed by atoms with van der Waals surface area (Å²) in [5, 5.41) is 0. The Bertz CT molecular complexity index is 1540. The summed E-state index contributed by atoms with van der Waals surface area (Å²) in [5.74, 6) is -4.67. The Morgan fingerprint density at radius 3 is 0.449 bits per heavy atom. The van der Waals surface area contributed by atoms with Gasteiger partial charge in [-0.15, -0.1) is 0 Å². The van der Waals surface area contributed by atoms with Gasteiger partial charge in [-0.25, -0.2) is 50.5 Å². The van der Waals surface area contributed by atoms with Gasteiger partial charge in [-0.05, 0) is 25.2 Å². The largest absolute Gasteiger partial charge is 0.498 e. The molecule has 49 heavy (non-hydrogen) atoms. The third kappa shape index (κ3) is 9.09. The molecule has 0 saturated heterocycles. The molecule has 0 aliphatic rings. The van der Waals surface area contributed by atoms with Gasteiger partial charge >= 0.3 is 33.0 Å². The van der Waals surface area contributed by atoms with E-state index in [0.29, 0.717) is 0 Å². The Balaban J connectivity index is 8.60. The van der Waals surface area contributed by atoms with Gasteiger partial charge in [0, 0.05) is 0 Å². The third-order valence-corrected chi connectivity index (χ3v) is 19.3. The first-order valence-corrected chi connectivity index (χ1v) is 19.8. The molecule has 0 N–H and O–H groups in total. The topological polar surface area (TPSA) is 205 Å². The van der Waals surface area contributed by atoms with Crippen molar-refractivity contribution in [3.05, 3.63) is 0 Å². The fourth-order valence-corrected chi connectivity index (χ4v) is 14.2. The first-order chi connectivity index (χ1) is 20.7. The minimum absolute atomic E-state index is 3.86. The SMILES string of the molecule is O=S(=O)(C(CC(CC(S(=O)(=O)C(F)(F)F)S(=O)(=O)C(F)(F)F)CC(S(=O)(=O)C(F)(F)F)S(=O)(=O)C(F)(F)F)S(=O)(=O)C(F)(F)F)C(F)(F)F. The zero-order valence-electron chi connectivity index (χ0n) is 21.6. The monoisotopic (exact) mass is 892 g/mol. The van der Waals surface area contributed by atoms with E-state index in [4.69, 9.17) is 0 Å². The summed E-state index contributed by atoms with van der Waals surface area (Å²) in [6.45, 7) is 0. The van der Waals surface area contributed by atoms with Gasteiger partial charge in [-0.3, -0.25) is 0 Å².